The van der Waals surface area contributed by atoms with E-state index in [2.05, 4.69) is 8.75 Å². The Labute approximate surface area is 70.2 Å². The second-order valence-electron chi connectivity index (χ2n) is 1.75. The molecule has 1 aromatic heterocycles. The van der Waals surface area contributed by atoms with Crippen molar-refractivity contribution in [1.82, 2.24) is 8.75 Å². The quantitative estimate of drug-likeness (QED) is 0.601. The Morgan fingerprint density at radius 2 is 1.45 bits per heavy atom. The highest BCUT2D eigenvalue weighted by Crippen LogP contribution is 2.08. The number of nitrogens with zero attached hydrogens (tertiary/aromatic N) is 2. The van der Waals surface area contributed by atoms with Gasteiger partial charge >= 0.3 is 0 Å². The van der Waals surface area contributed by atoms with E-state index in [9.17, 15) is 0 Å². The van der Waals surface area contributed by atoms with Crippen LogP contribution in [0.3, 0.4) is 0 Å². The highest BCUT2D eigenvalue weighted by atomic mass is 32.1. The van der Waals surface area contributed by atoms with Crippen LogP contribution in [0, 0.1) is 0 Å². The van der Waals surface area contributed by atoms with E-state index in [1.54, 1.807) is 0 Å². The van der Waals surface area contributed by atoms with Crippen molar-refractivity contribution in [2.75, 3.05) is 0 Å². The molecule has 0 amide bonds. The Hall–Kier alpha value is -0.960. The third kappa shape index (κ3) is 1.74. The van der Waals surface area contributed by atoms with Gasteiger partial charge in [0.25, 0.3) is 0 Å². The normalized spacial score (nSPS) is 8.91. The minimum atomic E-state index is 0.988. The van der Waals surface area contributed by atoms with Crippen LogP contribution in [0.25, 0.3) is 11.0 Å². The predicted octanol–water partition coefficient (Wildman–Crippen LogP) is 2.72. The summed E-state index contributed by atoms with van der Waals surface area (Å²) in [4.78, 5) is 0. The molecule has 11 heavy (non-hydrogen) atoms. The maximum absolute atomic E-state index is 4.05. The van der Waals surface area contributed by atoms with Crippen molar-refractivity contribution in [2.24, 2.45) is 0 Å². The molecule has 2 nitrogen and oxygen atoms in total. The van der Waals surface area contributed by atoms with Gasteiger partial charge in [-0.15, -0.1) is 0 Å². The van der Waals surface area contributed by atoms with Crippen molar-refractivity contribution in [2.45, 2.75) is 13.8 Å². The van der Waals surface area contributed by atoms with Crippen molar-refractivity contribution in [3.8, 4) is 0 Å². The molecule has 58 valence electrons. The SMILES string of the molecule is CC.c1ccc2nsnc2c1. The highest BCUT2D eigenvalue weighted by molar-refractivity contribution is 7.00. The molecule has 0 radical (unpaired) electrons. The number of aromatic nitrogens is 2. The molecule has 0 saturated heterocycles. The lowest BCUT2D eigenvalue weighted by molar-refractivity contribution is 1.50. The van der Waals surface area contributed by atoms with E-state index in [1.165, 1.54) is 11.7 Å². The van der Waals surface area contributed by atoms with E-state index in [-0.39, 0.29) is 0 Å². The summed E-state index contributed by atoms with van der Waals surface area (Å²) in [5.74, 6) is 0. The van der Waals surface area contributed by atoms with Crippen LogP contribution >= 0.6 is 11.7 Å². The van der Waals surface area contributed by atoms with Crippen molar-refractivity contribution in [3.05, 3.63) is 24.3 Å². The van der Waals surface area contributed by atoms with Gasteiger partial charge in [-0.05, 0) is 12.1 Å². The van der Waals surface area contributed by atoms with Gasteiger partial charge < -0.3 is 0 Å². The summed E-state index contributed by atoms with van der Waals surface area (Å²) in [5, 5.41) is 0. The number of hydrogen-bond acceptors (Lipinski definition) is 3. The largest absolute Gasteiger partial charge is 0.173 e. The maximum atomic E-state index is 4.05. The number of rotatable bonds is 0. The van der Waals surface area contributed by atoms with Crippen LogP contribution in [0.2, 0.25) is 0 Å². The summed E-state index contributed by atoms with van der Waals surface area (Å²) < 4.78 is 8.10. The zero-order valence-corrected chi connectivity index (χ0v) is 7.43. The Balaban J connectivity index is 0.000000281. The minimum Gasteiger partial charge on any atom is -0.173 e. The summed E-state index contributed by atoms with van der Waals surface area (Å²) in [7, 11) is 0. The molecule has 0 unspecified atom stereocenters. The first-order valence-electron chi connectivity index (χ1n) is 3.64. The van der Waals surface area contributed by atoms with Crippen molar-refractivity contribution in [3.63, 3.8) is 0 Å². The molecule has 1 heterocycles. The van der Waals surface area contributed by atoms with Gasteiger partial charge in [0.15, 0.2) is 0 Å². The van der Waals surface area contributed by atoms with Crippen molar-refractivity contribution in [1.29, 1.82) is 0 Å². The number of benzene rings is 1. The lowest BCUT2D eigenvalue weighted by Gasteiger charge is -1.78. The Morgan fingerprint density at radius 1 is 1.00 bits per heavy atom. The van der Waals surface area contributed by atoms with Crippen LogP contribution in [0.1, 0.15) is 13.8 Å². The van der Waals surface area contributed by atoms with Crippen LogP contribution in [0.5, 0.6) is 0 Å². The van der Waals surface area contributed by atoms with Gasteiger partial charge in [0.05, 0.1) is 11.7 Å². The molecule has 0 N–H and O–H groups in total. The second kappa shape index (κ2) is 4.03. The van der Waals surface area contributed by atoms with Gasteiger partial charge in [-0.3, -0.25) is 0 Å². The summed E-state index contributed by atoms with van der Waals surface area (Å²) in [6, 6.07) is 7.84. The fourth-order valence-corrected chi connectivity index (χ4v) is 1.25. The first-order chi connectivity index (χ1) is 5.47. The van der Waals surface area contributed by atoms with E-state index in [1.807, 2.05) is 38.1 Å². The molecule has 0 aliphatic heterocycles. The van der Waals surface area contributed by atoms with Crippen LogP contribution < -0.4 is 0 Å². The van der Waals surface area contributed by atoms with Crippen molar-refractivity contribution < 1.29 is 0 Å². The average Bonchev–Trinajstić information content (AvgIpc) is 2.55. The van der Waals surface area contributed by atoms with Gasteiger partial charge in [0, 0.05) is 0 Å². The predicted molar refractivity (Wildman–Crippen MR) is 48.8 cm³/mol. The van der Waals surface area contributed by atoms with Gasteiger partial charge in [0.1, 0.15) is 11.0 Å². The molecule has 3 heteroatoms. The first kappa shape index (κ1) is 8.14. The van der Waals surface area contributed by atoms with Crippen molar-refractivity contribution >= 4 is 22.8 Å². The van der Waals surface area contributed by atoms with E-state index in [4.69, 9.17) is 0 Å². The molecule has 1 aromatic carbocycles. The molecule has 2 aromatic rings. The smallest absolute Gasteiger partial charge is 0.104 e. The third-order valence-electron chi connectivity index (χ3n) is 1.16. The summed E-state index contributed by atoms with van der Waals surface area (Å²) >= 11 is 1.25. The molecule has 0 saturated carbocycles. The Morgan fingerprint density at radius 3 is 1.91 bits per heavy atom. The second-order valence-corrected chi connectivity index (χ2v) is 2.28. The average molecular weight is 166 g/mol. The topological polar surface area (TPSA) is 25.8 Å². The molecule has 0 aliphatic carbocycles. The highest BCUT2D eigenvalue weighted by Gasteiger charge is 1.91. The van der Waals surface area contributed by atoms with E-state index in [0.29, 0.717) is 0 Å². The van der Waals surface area contributed by atoms with E-state index in [0.717, 1.165) is 11.0 Å². The minimum absolute atomic E-state index is 0.988. The third-order valence-corrected chi connectivity index (χ3v) is 1.72. The standard InChI is InChI=1S/C6H4N2S.C2H6/c1-2-4-6-5(3-1)7-9-8-6;1-2/h1-4H;1-2H3. The molecule has 0 fully saturated rings. The zero-order valence-electron chi connectivity index (χ0n) is 6.61. The first-order valence-corrected chi connectivity index (χ1v) is 4.37. The lowest BCUT2D eigenvalue weighted by Crippen LogP contribution is -1.63. The molecular formula is C8H10N2S. The molecule has 0 spiro atoms. The van der Waals surface area contributed by atoms with Crippen LogP contribution in [0.4, 0.5) is 0 Å². The summed E-state index contributed by atoms with van der Waals surface area (Å²) in [5.41, 5.74) is 1.98. The molecule has 0 atom stereocenters. The maximum Gasteiger partial charge on any atom is 0.104 e. The molecule has 2 rings (SSSR count). The fraction of sp³-hybridized carbons (Fsp3) is 0.250. The summed E-state index contributed by atoms with van der Waals surface area (Å²) in [6.45, 7) is 4.00. The molecular weight excluding hydrogens is 156 g/mol. The van der Waals surface area contributed by atoms with Crippen LogP contribution in [0.15, 0.2) is 24.3 Å². The van der Waals surface area contributed by atoms with Gasteiger partial charge in [0.2, 0.25) is 0 Å². The van der Waals surface area contributed by atoms with Crippen LogP contribution in [-0.4, -0.2) is 8.75 Å². The van der Waals surface area contributed by atoms with Gasteiger partial charge in [-0.2, -0.15) is 8.75 Å². The summed E-state index contributed by atoms with van der Waals surface area (Å²) in [6.07, 6.45) is 0. The number of fused-ring (bicyclic) bond motifs is 1. The van der Waals surface area contributed by atoms with Crippen LogP contribution in [-0.2, 0) is 0 Å². The fourth-order valence-electron chi connectivity index (χ4n) is 0.727. The van der Waals surface area contributed by atoms with Gasteiger partial charge in [-0.25, -0.2) is 0 Å². The zero-order chi connectivity index (χ0) is 8.10. The number of hydrogen-bond donors (Lipinski definition) is 0. The van der Waals surface area contributed by atoms with Gasteiger partial charge in [-0.1, -0.05) is 26.0 Å². The molecule has 0 aliphatic rings. The monoisotopic (exact) mass is 166 g/mol. The Bertz CT molecular complexity index is 286. The van der Waals surface area contributed by atoms with E-state index >= 15 is 0 Å². The van der Waals surface area contributed by atoms with E-state index < -0.39 is 0 Å². The lowest BCUT2D eigenvalue weighted by atomic mass is 10.3. The Kier molecular flexibility index (Phi) is 2.98. The molecule has 0 bridgehead atoms.